The average molecular weight is 277 g/mol. The molecule has 1 heterocycles. The number of hydrogen-bond acceptors (Lipinski definition) is 2. The smallest absolute Gasteiger partial charge is 0.220 e. The number of carbonyl (C=O) groups excluding carboxylic acids is 1. The highest BCUT2D eigenvalue weighted by molar-refractivity contribution is 5.85. The van der Waals surface area contributed by atoms with Gasteiger partial charge in [-0.25, -0.2) is 0 Å². The molecule has 1 aliphatic heterocycles. The van der Waals surface area contributed by atoms with Crippen molar-refractivity contribution in [3.05, 3.63) is 0 Å². The van der Waals surface area contributed by atoms with Crippen LogP contribution in [0.4, 0.5) is 0 Å². The molecule has 2 N–H and O–H groups in total. The molecule has 0 spiro atoms. The molecule has 0 radical (unpaired) electrons. The van der Waals surface area contributed by atoms with Crippen LogP contribution in [0.5, 0.6) is 0 Å². The number of hydrogen-bond donors (Lipinski definition) is 2. The van der Waals surface area contributed by atoms with Gasteiger partial charge in [-0.2, -0.15) is 0 Å². The van der Waals surface area contributed by atoms with Crippen molar-refractivity contribution in [1.29, 1.82) is 0 Å². The predicted molar refractivity (Wildman–Crippen MR) is 79.1 cm³/mol. The average Bonchev–Trinajstić information content (AvgIpc) is 2.27. The Bertz CT molecular complexity index is 245. The monoisotopic (exact) mass is 276 g/mol. The largest absolute Gasteiger partial charge is 0.353 e. The van der Waals surface area contributed by atoms with Crippen LogP contribution in [-0.2, 0) is 4.79 Å². The minimum atomic E-state index is 0. The van der Waals surface area contributed by atoms with Crippen molar-refractivity contribution in [2.75, 3.05) is 13.1 Å². The number of rotatable bonds is 4. The van der Waals surface area contributed by atoms with Gasteiger partial charge in [-0.05, 0) is 50.6 Å². The molecule has 1 fully saturated rings. The first-order chi connectivity index (χ1) is 7.88. The van der Waals surface area contributed by atoms with Crippen LogP contribution in [-0.4, -0.2) is 25.0 Å². The summed E-state index contributed by atoms with van der Waals surface area (Å²) in [6.45, 7) is 10.8. The second-order valence-electron chi connectivity index (χ2n) is 6.52. The minimum absolute atomic E-state index is 0. The van der Waals surface area contributed by atoms with Crippen LogP contribution in [0.15, 0.2) is 0 Å². The zero-order valence-electron chi connectivity index (χ0n) is 12.2. The summed E-state index contributed by atoms with van der Waals surface area (Å²) < 4.78 is 0. The van der Waals surface area contributed by atoms with Gasteiger partial charge in [0.05, 0.1) is 0 Å². The highest BCUT2D eigenvalue weighted by atomic mass is 35.5. The van der Waals surface area contributed by atoms with Gasteiger partial charge in [0.2, 0.25) is 5.91 Å². The van der Waals surface area contributed by atoms with Gasteiger partial charge in [-0.1, -0.05) is 20.8 Å². The molecular weight excluding hydrogens is 248 g/mol. The van der Waals surface area contributed by atoms with Crippen LogP contribution in [0, 0.1) is 11.3 Å². The lowest BCUT2D eigenvalue weighted by molar-refractivity contribution is -0.122. The van der Waals surface area contributed by atoms with E-state index in [1.807, 2.05) is 0 Å². The van der Waals surface area contributed by atoms with Crippen molar-refractivity contribution in [3.63, 3.8) is 0 Å². The Morgan fingerprint density at radius 1 is 1.44 bits per heavy atom. The summed E-state index contributed by atoms with van der Waals surface area (Å²) in [5.41, 5.74) is 0.243. The molecule has 3 nitrogen and oxygen atoms in total. The van der Waals surface area contributed by atoms with Crippen molar-refractivity contribution in [2.45, 2.75) is 59.4 Å². The predicted octanol–water partition coefficient (Wildman–Crippen LogP) is 2.74. The molecular formula is C14H29ClN2O. The summed E-state index contributed by atoms with van der Waals surface area (Å²) in [6, 6.07) is 0.301. The molecule has 0 aromatic heterocycles. The molecule has 1 amide bonds. The Hall–Kier alpha value is -0.280. The fourth-order valence-electron chi connectivity index (χ4n) is 2.24. The lowest BCUT2D eigenvalue weighted by Crippen LogP contribution is -2.44. The molecule has 1 saturated heterocycles. The van der Waals surface area contributed by atoms with Gasteiger partial charge in [0.25, 0.3) is 0 Å². The standard InChI is InChI=1S/C14H28N2O.ClH/c1-11(12-6-5-9-15-10-12)16-13(17)7-8-14(2,3)4;/h11-12,15H,5-10H2,1-4H3,(H,16,17);1H. The molecule has 18 heavy (non-hydrogen) atoms. The summed E-state index contributed by atoms with van der Waals surface area (Å²) in [5.74, 6) is 0.806. The quantitative estimate of drug-likeness (QED) is 0.829. The first kappa shape index (κ1) is 17.7. The fraction of sp³-hybridized carbons (Fsp3) is 0.929. The van der Waals surface area contributed by atoms with Crippen LogP contribution >= 0.6 is 12.4 Å². The van der Waals surface area contributed by atoms with Crippen LogP contribution in [0.25, 0.3) is 0 Å². The van der Waals surface area contributed by atoms with E-state index in [2.05, 4.69) is 38.3 Å². The van der Waals surface area contributed by atoms with Crippen LogP contribution < -0.4 is 10.6 Å². The number of piperidine rings is 1. The maximum Gasteiger partial charge on any atom is 0.220 e. The van der Waals surface area contributed by atoms with Gasteiger partial charge in [-0.3, -0.25) is 4.79 Å². The third-order valence-electron chi connectivity index (χ3n) is 3.53. The van der Waals surface area contributed by atoms with Crippen LogP contribution in [0.2, 0.25) is 0 Å². The third-order valence-corrected chi connectivity index (χ3v) is 3.53. The van der Waals surface area contributed by atoms with Crippen molar-refractivity contribution < 1.29 is 4.79 Å². The second kappa shape index (κ2) is 8.00. The lowest BCUT2D eigenvalue weighted by atomic mass is 9.90. The van der Waals surface area contributed by atoms with E-state index in [0.717, 1.165) is 19.5 Å². The Morgan fingerprint density at radius 3 is 2.61 bits per heavy atom. The van der Waals surface area contributed by atoms with Gasteiger partial charge in [0.1, 0.15) is 0 Å². The van der Waals surface area contributed by atoms with Crippen LogP contribution in [0.1, 0.15) is 53.4 Å². The van der Waals surface area contributed by atoms with Crippen molar-refractivity contribution >= 4 is 18.3 Å². The Balaban J connectivity index is 0.00000289. The molecule has 1 rings (SSSR count). The SMILES string of the molecule is CC(NC(=O)CCC(C)(C)C)C1CCCNC1.Cl. The highest BCUT2D eigenvalue weighted by Crippen LogP contribution is 2.20. The van der Waals surface area contributed by atoms with Crippen molar-refractivity contribution in [1.82, 2.24) is 10.6 Å². The maximum absolute atomic E-state index is 11.8. The molecule has 2 atom stereocenters. The van der Waals surface area contributed by atoms with E-state index in [4.69, 9.17) is 0 Å². The van der Waals surface area contributed by atoms with E-state index in [0.29, 0.717) is 18.4 Å². The number of halogens is 1. The number of amides is 1. The zero-order valence-corrected chi connectivity index (χ0v) is 13.0. The van der Waals surface area contributed by atoms with E-state index in [-0.39, 0.29) is 23.7 Å². The zero-order chi connectivity index (χ0) is 12.9. The number of carbonyl (C=O) groups is 1. The minimum Gasteiger partial charge on any atom is -0.353 e. The van der Waals surface area contributed by atoms with Gasteiger partial charge in [0.15, 0.2) is 0 Å². The summed E-state index contributed by atoms with van der Waals surface area (Å²) in [4.78, 5) is 11.8. The molecule has 0 bridgehead atoms. The second-order valence-corrected chi connectivity index (χ2v) is 6.52. The van der Waals surface area contributed by atoms with Crippen LogP contribution in [0.3, 0.4) is 0 Å². The van der Waals surface area contributed by atoms with Crippen molar-refractivity contribution in [3.8, 4) is 0 Å². The molecule has 4 heteroatoms. The van der Waals surface area contributed by atoms with Gasteiger partial charge in [0, 0.05) is 12.5 Å². The molecule has 0 aromatic carbocycles. The van der Waals surface area contributed by atoms with E-state index in [1.165, 1.54) is 12.8 Å². The van der Waals surface area contributed by atoms with Gasteiger partial charge in [-0.15, -0.1) is 12.4 Å². The normalized spacial score (nSPS) is 21.9. The topological polar surface area (TPSA) is 41.1 Å². The van der Waals surface area contributed by atoms with Gasteiger partial charge < -0.3 is 10.6 Å². The van der Waals surface area contributed by atoms with E-state index < -0.39 is 0 Å². The van der Waals surface area contributed by atoms with E-state index in [9.17, 15) is 4.79 Å². The van der Waals surface area contributed by atoms with Crippen molar-refractivity contribution in [2.24, 2.45) is 11.3 Å². The highest BCUT2D eigenvalue weighted by Gasteiger charge is 2.21. The summed E-state index contributed by atoms with van der Waals surface area (Å²) in [6.07, 6.45) is 4.06. The first-order valence-corrected chi connectivity index (χ1v) is 6.88. The molecule has 0 aromatic rings. The Kier molecular flexibility index (Phi) is 7.88. The molecule has 108 valence electrons. The molecule has 2 unspecified atom stereocenters. The summed E-state index contributed by atoms with van der Waals surface area (Å²) in [7, 11) is 0. The third kappa shape index (κ3) is 7.22. The van der Waals surface area contributed by atoms with E-state index >= 15 is 0 Å². The molecule has 1 aliphatic rings. The molecule has 0 saturated carbocycles. The number of nitrogens with one attached hydrogen (secondary N) is 2. The molecule has 0 aliphatic carbocycles. The first-order valence-electron chi connectivity index (χ1n) is 6.88. The van der Waals surface area contributed by atoms with E-state index in [1.54, 1.807) is 0 Å². The van der Waals surface area contributed by atoms with Gasteiger partial charge >= 0.3 is 0 Å². The lowest BCUT2D eigenvalue weighted by Gasteiger charge is -2.29. The fourth-order valence-corrected chi connectivity index (χ4v) is 2.24. The maximum atomic E-state index is 11.8. The summed E-state index contributed by atoms with van der Waals surface area (Å²) >= 11 is 0. The summed E-state index contributed by atoms with van der Waals surface area (Å²) in [5, 5.41) is 6.54. The Labute approximate surface area is 118 Å². The Morgan fingerprint density at radius 2 is 2.11 bits per heavy atom.